The van der Waals surface area contributed by atoms with Gasteiger partial charge in [0, 0.05) is 18.7 Å². The number of aryl methyl sites for hydroxylation is 1. The van der Waals surface area contributed by atoms with Crippen molar-refractivity contribution in [3.63, 3.8) is 0 Å². The van der Waals surface area contributed by atoms with Gasteiger partial charge >= 0.3 is 12.2 Å². The van der Waals surface area contributed by atoms with E-state index in [0.29, 0.717) is 36.1 Å². The average molecular weight is 456 g/mol. The molecule has 0 saturated carbocycles. The second-order valence-corrected chi connectivity index (χ2v) is 8.53. The molecule has 33 heavy (non-hydrogen) atoms. The summed E-state index contributed by atoms with van der Waals surface area (Å²) in [4.78, 5) is 19.3. The van der Waals surface area contributed by atoms with Gasteiger partial charge < -0.3 is 5.32 Å². The summed E-state index contributed by atoms with van der Waals surface area (Å²) in [5.74, 6) is 1.04. The number of carbonyl (C=O) groups is 1. The number of benzene rings is 1. The molecule has 0 bridgehead atoms. The van der Waals surface area contributed by atoms with Crippen LogP contribution < -0.4 is 10.2 Å². The summed E-state index contributed by atoms with van der Waals surface area (Å²) in [6.07, 6.45) is 9.62. The Morgan fingerprint density at radius 2 is 1.91 bits per heavy atom. The molecule has 0 spiro atoms. The lowest BCUT2D eigenvalue weighted by atomic mass is 10.0. The highest BCUT2D eigenvalue weighted by molar-refractivity contribution is 5.92. The Hall–Kier alpha value is -3.09. The number of aromatic nitrogens is 1. The molecule has 2 aromatic rings. The van der Waals surface area contributed by atoms with Crippen LogP contribution in [0.25, 0.3) is 11.3 Å². The van der Waals surface area contributed by atoms with Gasteiger partial charge in [0.1, 0.15) is 5.82 Å². The Kier molecular flexibility index (Phi) is 7.16. The van der Waals surface area contributed by atoms with Gasteiger partial charge in [0.2, 0.25) is 0 Å². The van der Waals surface area contributed by atoms with Crippen LogP contribution in [0.3, 0.4) is 0 Å². The van der Waals surface area contributed by atoms with Gasteiger partial charge in [0.15, 0.2) is 0 Å². The van der Waals surface area contributed by atoms with Crippen molar-refractivity contribution in [2.75, 3.05) is 18.0 Å². The number of fused-ring (bicyclic) bond motifs is 1. The highest BCUT2D eigenvalue weighted by atomic mass is 19.4. The number of pyridine rings is 1. The van der Waals surface area contributed by atoms with Gasteiger partial charge in [-0.2, -0.15) is 13.2 Å². The van der Waals surface area contributed by atoms with E-state index in [2.05, 4.69) is 34.6 Å². The zero-order valence-electron chi connectivity index (χ0n) is 18.4. The first-order chi connectivity index (χ1) is 15.9. The molecule has 2 aliphatic rings. The van der Waals surface area contributed by atoms with Crippen molar-refractivity contribution < 1.29 is 18.0 Å². The number of halogens is 3. The molecule has 1 aliphatic carbocycles. The molecule has 0 radical (unpaired) electrons. The fourth-order valence-corrected chi connectivity index (χ4v) is 4.28. The molecule has 174 valence electrons. The standard InChI is InChI=1S/C26H28F3N3O/c27-26(28,29)22-13-7-12-21(18-22)23-15-14-20-11-4-6-17-32(24(20)31-23)25(33)30-16-5-3-10-19-8-1-2-9-19/h1-2,7-9,12-15,18-19H,3-6,10-11,16-17H2,(H,30,33). The molecular weight excluding hydrogens is 427 g/mol. The van der Waals surface area contributed by atoms with Crippen molar-refractivity contribution in [2.24, 2.45) is 5.92 Å². The van der Waals surface area contributed by atoms with Crippen molar-refractivity contribution in [1.29, 1.82) is 0 Å². The molecule has 1 aliphatic heterocycles. The lowest BCUT2D eigenvalue weighted by molar-refractivity contribution is -0.137. The van der Waals surface area contributed by atoms with E-state index in [4.69, 9.17) is 0 Å². The summed E-state index contributed by atoms with van der Waals surface area (Å²) < 4.78 is 39.5. The van der Waals surface area contributed by atoms with Gasteiger partial charge in [-0.25, -0.2) is 9.78 Å². The van der Waals surface area contributed by atoms with Gasteiger partial charge in [-0.1, -0.05) is 48.9 Å². The van der Waals surface area contributed by atoms with Gasteiger partial charge in [-0.15, -0.1) is 0 Å². The molecule has 4 rings (SSSR count). The largest absolute Gasteiger partial charge is 0.416 e. The maximum Gasteiger partial charge on any atom is 0.416 e. The van der Waals surface area contributed by atoms with E-state index in [9.17, 15) is 18.0 Å². The lowest BCUT2D eigenvalue weighted by Gasteiger charge is -2.23. The third-order valence-electron chi connectivity index (χ3n) is 6.09. The minimum atomic E-state index is -4.42. The number of alkyl halides is 3. The number of allylic oxidation sites excluding steroid dienone is 4. The number of hydrogen-bond donors (Lipinski definition) is 1. The minimum absolute atomic E-state index is 0.201. The Labute approximate surface area is 192 Å². The SMILES string of the molecule is O=C(NCCCCC1C=CC=C1)N1CCCCc2ccc(-c3cccc(C(F)(F)F)c3)nc21. The number of unbranched alkanes of at least 4 members (excludes halogenated alkanes) is 1. The predicted molar refractivity (Wildman–Crippen MR) is 124 cm³/mol. The summed E-state index contributed by atoms with van der Waals surface area (Å²) >= 11 is 0. The maximum atomic E-state index is 13.2. The van der Waals surface area contributed by atoms with E-state index < -0.39 is 11.7 Å². The van der Waals surface area contributed by atoms with Crippen molar-refractivity contribution in [3.05, 3.63) is 71.8 Å². The molecule has 1 aromatic carbocycles. The molecule has 0 saturated heterocycles. The molecule has 1 N–H and O–H groups in total. The van der Waals surface area contributed by atoms with Crippen molar-refractivity contribution in [1.82, 2.24) is 10.3 Å². The molecule has 4 nitrogen and oxygen atoms in total. The van der Waals surface area contributed by atoms with E-state index in [-0.39, 0.29) is 6.03 Å². The summed E-state index contributed by atoms with van der Waals surface area (Å²) in [6.45, 7) is 1.12. The normalized spacial score (nSPS) is 16.0. The lowest BCUT2D eigenvalue weighted by Crippen LogP contribution is -2.41. The van der Waals surface area contributed by atoms with Gasteiger partial charge in [0.25, 0.3) is 0 Å². The molecule has 2 heterocycles. The number of nitrogens with zero attached hydrogens (tertiary/aromatic N) is 2. The zero-order chi connectivity index (χ0) is 23.3. The molecule has 1 aromatic heterocycles. The number of amides is 2. The first-order valence-electron chi connectivity index (χ1n) is 11.5. The zero-order valence-corrected chi connectivity index (χ0v) is 18.4. The average Bonchev–Trinajstić information content (AvgIpc) is 3.23. The number of anilines is 1. The number of rotatable bonds is 6. The summed E-state index contributed by atoms with van der Waals surface area (Å²) in [6, 6.07) is 8.56. The Bertz CT molecular complexity index is 1030. The number of urea groups is 1. The minimum Gasteiger partial charge on any atom is -0.338 e. The van der Waals surface area contributed by atoms with Crippen molar-refractivity contribution >= 4 is 11.8 Å². The van der Waals surface area contributed by atoms with Gasteiger partial charge in [-0.3, -0.25) is 4.90 Å². The number of nitrogens with one attached hydrogen (secondary N) is 1. The first-order valence-corrected chi connectivity index (χ1v) is 11.5. The van der Waals surface area contributed by atoms with E-state index >= 15 is 0 Å². The fourth-order valence-electron chi connectivity index (χ4n) is 4.28. The second kappa shape index (κ2) is 10.2. The van der Waals surface area contributed by atoms with Crippen LogP contribution in [0, 0.1) is 5.92 Å². The molecule has 2 amide bonds. The van der Waals surface area contributed by atoms with Gasteiger partial charge in [0.05, 0.1) is 11.3 Å². The van der Waals surface area contributed by atoms with E-state index in [1.807, 2.05) is 6.07 Å². The first kappa shape index (κ1) is 23.1. The Morgan fingerprint density at radius 1 is 1.09 bits per heavy atom. The molecule has 0 atom stereocenters. The fraction of sp³-hybridized carbons (Fsp3) is 0.385. The van der Waals surface area contributed by atoms with E-state index in [1.54, 1.807) is 17.0 Å². The van der Waals surface area contributed by atoms with Crippen molar-refractivity contribution in [2.45, 2.75) is 44.7 Å². The van der Waals surface area contributed by atoms with Gasteiger partial charge in [-0.05, 0) is 61.8 Å². The van der Waals surface area contributed by atoms with E-state index in [1.165, 1.54) is 6.07 Å². The summed E-state index contributed by atoms with van der Waals surface area (Å²) in [5, 5.41) is 3.00. The quantitative estimate of drug-likeness (QED) is 0.503. The molecular formula is C26H28F3N3O. The van der Waals surface area contributed by atoms with Crippen LogP contribution in [0.4, 0.5) is 23.8 Å². The molecule has 0 unspecified atom stereocenters. The van der Waals surface area contributed by atoms with Crippen LogP contribution in [0.1, 0.15) is 43.2 Å². The highest BCUT2D eigenvalue weighted by Crippen LogP contribution is 2.33. The third kappa shape index (κ3) is 5.83. The van der Waals surface area contributed by atoms with Crippen LogP contribution in [-0.4, -0.2) is 24.1 Å². The Morgan fingerprint density at radius 3 is 2.70 bits per heavy atom. The van der Waals surface area contributed by atoms with Crippen LogP contribution in [0.5, 0.6) is 0 Å². The van der Waals surface area contributed by atoms with E-state index in [0.717, 1.165) is 56.2 Å². The van der Waals surface area contributed by atoms with Crippen LogP contribution in [0.2, 0.25) is 0 Å². The highest BCUT2D eigenvalue weighted by Gasteiger charge is 2.31. The molecule has 0 fully saturated rings. The number of carbonyl (C=O) groups excluding carboxylic acids is 1. The van der Waals surface area contributed by atoms with Crippen molar-refractivity contribution in [3.8, 4) is 11.3 Å². The predicted octanol–water partition coefficient (Wildman–Crippen LogP) is 6.53. The van der Waals surface area contributed by atoms with Crippen LogP contribution >= 0.6 is 0 Å². The maximum absolute atomic E-state index is 13.2. The van der Waals surface area contributed by atoms with Crippen LogP contribution in [-0.2, 0) is 12.6 Å². The second-order valence-electron chi connectivity index (χ2n) is 8.53. The Balaban J connectivity index is 1.46. The summed E-state index contributed by atoms with van der Waals surface area (Å²) in [5.41, 5.74) is 1.04. The number of hydrogen-bond acceptors (Lipinski definition) is 2. The topological polar surface area (TPSA) is 45.2 Å². The van der Waals surface area contributed by atoms with Crippen LogP contribution in [0.15, 0.2) is 60.7 Å². The monoisotopic (exact) mass is 455 g/mol. The third-order valence-corrected chi connectivity index (χ3v) is 6.09. The summed E-state index contributed by atoms with van der Waals surface area (Å²) in [7, 11) is 0. The smallest absolute Gasteiger partial charge is 0.338 e. The molecule has 7 heteroatoms.